The number of halogens is 1. The predicted molar refractivity (Wildman–Crippen MR) is 117 cm³/mol. The zero-order chi connectivity index (χ0) is 18.6. The van der Waals surface area contributed by atoms with Crippen LogP contribution in [0.15, 0.2) is 23.3 Å². The van der Waals surface area contributed by atoms with Crippen LogP contribution >= 0.6 is 24.0 Å². The van der Waals surface area contributed by atoms with Gasteiger partial charge in [-0.15, -0.1) is 24.0 Å². The van der Waals surface area contributed by atoms with Crippen LogP contribution in [-0.2, 0) is 11.3 Å². The summed E-state index contributed by atoms with van der Waals surface area (Å²) in [6.45, 7) is 14.8. The van der Waals surface area contributed by atoms with Gasteiger partial charge in [0.05, 0.1) is 18.6 Å². The summed E-state index contributed by atoms with van der Waals surface area (Å²) in [6.07, 6.45) is 1.86. The fourth-order valence-corrected chi connectivity index (χ4v) is 3.50. The van der Waals surface area contributed by atoms with Gasteiger partial charge in [-0.2, -0.15) is 0 Å². The minimum Gasteiger partial charge on any atom is -0.356 e. The fourth-order valence-electron chi connectivity index (χ4n) is 3.50. The number of amides is 1. The third kappa shape index (κ3) is 5.56. The van der Waals surface area contributed by atoms with E-state index in [1.165, 1.54) is 0 Å². The van der Waals surface area contributed by atoms with E-state index < -0.39 is 0 Å². The molecule has 0 spiro atoms. The first-order valence-corrected chi connectivity index (χ1v) is 9.01. The average molecular weight is 473 g/mol. The largest absolute Gasteiger partial charge is 0.356 e. The molecule has 1 aliphatic rings. The van der Waals surface area contributed by atoms with E-state index >= 15 is 0 Å². The number of guanidine groups is 1. The van der Waals surface area contributed by atoms with E-state index in [4.69, 9.17) is 4.99 Å². The zero-order valence-electron chi connectivity index (χ0n) is 16.7. The normalized spacial score (nSPS) is 17.3. The molecule has 1 N–H and O–H groups in total. The molecule has 1 fully saturated rings. The van der Waals surface area contributed by atoms with Gasteiger partial charge in [-0.3, -0.25) is 9.78 Å². The van der Waals surface area contributed by atoms with Crippen molar-refractivity contribution in [1.29, 1.82) is 0 Å². The highest BCUT2D eigenvalue weighted by Gasteiger charge is 2.40. The van der Waals surface area contributed by atoms with Crippen LogP contribution in [0, 0.1) is 6.92 Å². The standard InChI is InChI=1S/C19H31N5O.HI/c1-7-20-18(22-11-16-9-8-15(4)21-10-16)23-12-17(25)24(14(2)3)19(5,6)13-23;/h8-10,14H,7,11-13H2,1-6H3,(H,20,22);1H. The summed E-state index contributed by atoms with van der Waals surface area (Å²) in [6, 6.07) is 4.23. The lowest BCUT2D eigenvalue weighted by Crippen LogP contribution is -2.66. The highest BCUT2D eigenvalue weighted by atomic mass is 127. The number of aliphatic imine (C=N–C) groups is 1. The Morgan fingerprint density at radius 3 is 2.58 bits per heavy atom. The Bertz CT molecular complexity index is 627. The van der Waals surface area contributed by atoms with Crippen LogP contribution in [0.5, 0.6) is 0 Å². The number of carbonyl (C=O) groups excluding carboxylic acids is 1. The van der Waals surface area contributed by atoms with Gasteiger partial charge >= 0.3 is 0 Å². The van der Waals surface area contributed by atoms with Gasteiger partial charge < -0.3 is 15.1 Å². The Morgan fingerprint density at radius 2 is 2.08 bits per heavy atom. The van der Waals surface area contributed by atoms with Crippen LogP contribution in [0.25, 0.3) is 0 Å². The minimum atomic E-state index is -0.231. The molecule has 146 valence electrons. The molecule has 6 nitrogen and oxygen atoms in total. The number of nitrogens with one attached hydrogen (secondary N) is 1. The molecule has 0 aromatic carbocycles. The third-order valence-electron chi connectivity index (χ3n) is 4.36. The molecule has 0 atom stereocenters. The van der Waals surface area contributed by atoms with E-state index in [1.54, 1.807) is 0 Å². The van der Waals surface area contributed by atoms with Crippen LogP contribution in [0.2, 0.25) is 0 Å². The molecule has 1 saturated heterocycles. The van der Waals surface area contributed by atoms with Crippen LogP contribution < -0.4 is 5.32 Å². The summed E-state index contributed by atoms with van der Waals surface area (Å²) in [5.74, 6) is 0.932. The number of carbonyl (C=O) groups is 1. The minimum absolute atomic E-state index is 0. The fraction of sp³-hybridized carbons (Fsp3) is 0.632. The number of piperazine rings is 1. The van der Waals surface area contributed by atoms with E-state index in [9.17, 15) is 4.79 Å². The van der Waals surface area contributed by atoms with Crippen molar-refractivity contribution < 1.29 is 4.79 Å². The van der Waals surface area contributed by atoms with Crippen LogP contribution in [-0.4, -0.2) is 57.9 Å². The van der Waals surface area contributed by atoms with Crippen molar-refractivity contribution in [1.82, 2.24) is 20.1 Å². The van der Waals surface area contributed by atoms with Crippen molar-refractivity contribution in [2.24, 2.45) is 4.99 Å². The SMILES string of the molecule is CCNC(=NCc1ccc(C)nc1)N1CC(=O)N(C(C)C)C(C)(C)C1.I. The maximum Gasteiger partial charge on any atom is 0.242 e. The van der Waals surface area contributed by atoms with E-state index in [2.05, 4.69) is 42.9 Å². The molecule has 26 heavy (non-hydrogen) atoms. The van der Waals surface area contributed by atoms with Crippen molar-refractivity contribution in [3.05, 3.63) is 29.6 Å². The Kier molecular flexibility index (Phi) is 8.30. The van der Waals surface area contributed by atoms with Gasteiger partial charge in [-0.1, -0.05) is 6.07 Å². The number of hydrogen-bond donors (Lipinski definition) is 1. The summed E-state index contributed by atoms with van der Waals surface area (Å²) >= 11 is 0. The van der Waals surface area contributed by atoms with E-state index in [0.29, 0.717) is 13.1 Å². The Labute approximate surface area is 174 Å². The van der Waals surface area contributed by atoms with Gasteiger partial charge in [0, 0.05) is 31.0 Å². The van der Waals surface area contributed by atoms with Gasteiger partial charge in [-0.05, 0) is 53.2 Å². The Morgan fingerprint density at radius 1 is 1.38 bits per heavy atom. The molecule has 0 aliphatic carbocycles. The monoisotopic (exact) mass is 473 g/mol. The summed E-state index contributed by atoms with van der Waals surface area (Å²) in [7, 11) is 0. The number of hydrogen-bond acceptors (Lipinski definition) is 3. The highest BCUT2D eigenvalue weighted by Crippen LogP contribution is 2.24. The van der Waals surface area contributed by atoms with Crippen LogP contribution in [0.1, 0.15) is 45.9 Å². The summed E-state index contributed by atoms with van der Waals surface area (Å²) in [5, 5.41) is 3.32. The first-order valence-electron chi connectivity index (χ1n) is 9.01. The molecule has 2 rings (SSSR count). The van der Waals surface area contributed by atoms with Crippen LogP contribution in [0.4, 0.5) is 0 Å². The molecule has 0 bridgehead atoms. The Hall–Kier alpha value is -1.38. The molecule has 0 radical (unpaired) electrons. The quantitative estimate of drug-likeness (QED) is 0.415. The number of rotatable bonds is 4. The van der Waals surface area contributed by atoms with E-state index in [0.717, 1.165) is 30.3 Å². The molecule has 1 aromatic heterocycles. The second-order valence-electron chi connectivity index (χ2n) is 7.50. The molecule has 7 heteroatoms. The summed E-state index contributed by atoms with van der Waals surface area (Å²) in [4.78, 5) is 25.8. The topological polar surface area (TPSA) is 60.8 Å². The lowest BCUT2D eigenvalue weighted by molar-refractivity contribution is -0.145. The number of aryl methyl sites for hydroxylation is 1. The molecule has 0 unspecified atom stereocenters. The van der Waals surface area contributed by atoms with Gasteiger partial charge in [-0.25, -0.2) is 4.99 Å². The third-order valence-corrected chi connectivity index (χ3v) is 4.36. The van der Waals surface area contributed by atoms with Gasteiger partial charge in [0.2, 0.25) is 5.91 Å². The average Bonchev–Trinajstić information content (AvgIpc) is 2.50. The van der Waals surface area contributed by atoms with Crippen molar-refractivity contribution in [3.8, 4) is 0 Å². The van der Waals surface area contributed by atoms with Crippen molar-refractivity contribution in [2.45, 2.75) is 59.7 Å². The smallest absolute Gasteiger partial charge is 0.242 e. The maximum absolute atomic E-state index is 12.7. The predicted octanol–water partition coefficient (Wildman–Crippen LogP) is 2.80. The lowest BCUT2D eigenvalue weighted by atomic mass is 9.96. The highest BCUT2D eigenvalue weighted by molar-refractivity contribution is 14.0. The molecule has 1 aliphatic heterocycles. The van der Waals surface area contributed by atoms with Crippen LogP contribution in [0.3, 0.4) is 0 Å². The number of pyridine rings is 1. The first-order chi connectivity index (χ1) is 11.7. The number of aromatic nitrogens is 1. The zero-order valence-corrected chi connectivity index (χ0v) is 19.1. The number of nitrogens with zero attached hydrogens (tertiary/aromatic N) is 4. The summed E-state index contributed by atoms with van der Waals surface area (Å²) in [5.41, 5.74) is 1.83. The van der Waals surface area contributed by atoms with Gasteiger partial charge in [0.15, 0.2) is 5.96 Å². The first kappa shape index (κ1) is 22.7. The van der Waals surface area contributed by atoms with E-state index in [-0.39, 0.29) is 41.5 Å². The second kappa shape index (κ2) is 9.53. The van der Waals surface area contributed by atoms with Crippen molar-refractivity contribution >= 4 is 35.8 Å². The van der Waals surface area contributed by atoms with E-state index in [1.807, 2.05) is 37.1 Å². The van der Waals surface area contributed by atoms with Crippen molar-refractivity contribution in [2.75, 3.05) is 19.6 Å². The summed E-state index contributed by atoms with van der Waals surface area (Å²) < 4.78 is 0. The molecule has 1 amide bonds. The second-order valence-corrected chi connectivity index (χ2v) is 7.50. The molecular weight excluding hydrogens is 441 g/mol. The van der Waals surface area contributed by atoms with Gasteiger partial charge in [0.1, 0.15) is 0 Å². The maximum atomic E-state index is 12.7. The molecule has 1 aromatic rings. The molecule has 0 saturated carbocycles. The van der Waals surface area contributed by atoms with Gasteiger partial charge in [0.25, 0.3) is 0 Å². The Balaban J connectivity index is 0.00000338. The molecular formula is C19H32IN5O. The van der Waals surface area contributed by atoms with Crippen molar-refractivity contribution in [3.63, 3.8) is 0 Å². The lowest BCUT2D eigenvalue weighted by Gasteiger charge is -2.49. The molecule has 2 heterocycles.